The van der Waals surface area contributed by atoms with Crippen molar-refractivity contribution >= 4 is 28.2 Å². The van der Waals surface area contributed by atoms with Gasteiger partial charge in [0.25, 0.3) is 11.8 Å². The number of carbonyl (C=O) groups is 1. The predicted octanol–water partition coefficient (Wildman–Crippen LogP) is 3.96. The zero-order valence-corrected chi connectivity index (χ0v) is 14.1. The highest BCUT2D eigenvalue weighted by molar-refractivity contribution is 7.13. The average molecular weight is 353 g/mol. The highest BCUT2D eigenvalue weighted by Crippen LogP contribution is 2.23. The number of fused-ring (bicyclic) bond motifs is 1. The van der Waals surface area contributed by atoms with Crippen LogP contribution in [0.15, 0.2) is 52.4 Å². The van der Waals surface area contributed by atoms with Gasteiger partial charge < -0.3 is 14.1 Å². The van der Waals surface area contributed by atoms with Crippen molar-refractivity contribution in [1.29, 1.82) is 0 Å². The summed E-state index contributed by atoms with van der Waals surface area (Å²) in [4.78, 5) is 16.1. The molecule has 0 amide bonds. The third-order valence-electron chi connectivity index (χ3n) is 3.83. The zero-order valence-electron chi connectivity index (χ0n) is 13.3. The SMILES string of the molecule is O=C(CCc1c[nH]c2ccccc12)OCc1nnc(-c2cccs2)o1. The number of H-pyrrole nitrogens is 1. The minimum absolute atomic E-state index is 0.00884. The van der Waals surface area contributed by atoms with Crippen molar-refractivity contribution in [3.05, 3.63) is 59.4 Å². The van der Waals surface area contributed by atoms with Gasteiger partial charge in [0.15, 0.2) is 6.61 Å². The number of aromatic nitrogens is 3. The summed E-state index contributed by atoms with van der Waals surface area (Å²) in [5.74, 6) is 0.449. The molecule has 0 aliphatic carbocycles. The molecule has 3 aromatic heterocycles. The molecule has 0 bridgehead atoms. The first-order valence-corrected chi connectivity index (χ1v) is 8.74. The van der Waals surface area contributed by atoms with Crippen molar-refractivity contribution in [3.8, 4) is 10.8 Å². The van der Waals surface area contributed by atoms with Crippen LogP contribution in [-0.4, -0.2) is 21.2 Å². The second-order valence-electron chi connectivity index (χ2n) is 5.50. The summed E-state index contributed by atoms with van der Waals surface area (Å²) < 4.78 is 10.7. The molecule has 0 fully saturated rings. The minimum Gasteiger partial charge on any atom is -0.456 e. The van der Waals surface area contributed by atoms with E-state index in [1.165, 1.54) is 11.3 Å². The number of rotatable bonds is 6. The van der Waals surface area contributed by atoms with Crippen LogP contribution in [0.3, 0.4) is 0 Å². The number of ether oxygens (including phenoxy) is 1. The number of nitrogens with zero attached hydrogens (tertiary/aromatic N) is 2. The summed E-state index contributed by atoms with van der Waals surface area (Å²) >= 11 is 1.51. The van der Waals surface area contributed by atoms with E-state index >= 15 is 0 Å². The average Bonchev–Trinajstić information content (AvgIpc) is 3.38. The molecule has 126 valence electrons. The van der Waals surface area contributed by atoms with Crippen LogP contribution >= 0.6 is 11.3 Å². The molecular weight excluding hydrogens is 338 g/mol. The summed E-state index contributed by atoms with van der Waals surface area (Å²) in [5.41, 5.74) is 2.17. The van der Waals surface area contributed by atoms with Crippen LogP contribution in [0.5, 0.6) is 0 Å². The molecule has 0 radical (unpaired) electrons. The Morgan fingerprint density at radius 1 is 1.20 bits per heavy atom. The van der Waals surface area contributed by atoms with Gasteiger partial charge >= 0.3 is 5.97 Å². The number of benzene rings is 1. The molecule has 0 atom stereocenters. The van der Waals surface area contributed by atoms with Gasteiger partial charge in [-0.1, -0.05) is 24.3 Å². The lowest BCUT2D eigenvalue weighted by molar-refractivity contribution is -0.145. The molecule has 0 spiro atoms. The lowest BCUT2D eigenvalue weighted by atomic mass is 10.1. The summed E-state index contributed by atoms with van der Waals surface area (Å²) in [7, 11) is 0. The van der Waals surface area contributed by atoms with E-state index in [2.05, 4.69) is 15.2 Å². The first-order chi connectivity index (χ1) is 12.3. The minimum atomic E-state index is -0.291. The van der Waals surface area contributed by atoms with E-state index in [9.17, 15) is 4.79 Å². The Bertz CT molecular complexity index is 988. The Morgan fingerprint density at radius 2 is 2.12 bits per heavy atom. The molecule has 0 saturated heterocycles. The van der Waals surface area contributed by atoms with Crippen molar-refractivity contribution in [2.24, 2.45) is 0 Å². The number of hydrogen-bond acceptors (Lipinski definition) is 6. The molecule has 0 aliphatic rings. The molecule has 3 heterocycles. The van der Waals surface area contributed by atoms with Crippen LogP contribution in [0, 0.1) is 0 Å². The maximum absolute atomic E-state index is 12.0. The van der Waals surface area contributed by atoms with E-state index in [4.69, 9.17) is 9.15 Å². The van der Waals surface area contributed by atoms with Gasteiger partial charge in [-0.3, -0.25) is 4.79 Å². The smallest absolute Gasteiger partial charge is 0.306 e. The van der Waals surface area contributed by atoms with E-state index in [0.717, 1.165) is 21.3 Å². The van der Waals surface area contributed by atoms with Crippen molar-refractivity contribution in [3.63, 3.8) is 0 Å². The van der Waals surface area contributed by atoms with Gasteiger partial charge in [0, 0.05) is 23.5 Å². The molecule has 25 heavy (non-hydrogen) atoms. The van der Waals surface area contributed by atoms with Crippen molar-refractivity contribution in [1.82, 2.24) is 15.2 Å². The fourth-order valence-corrected chi connectivity index (χ4v) is 3.25. The summed E-state index contributed by atoms with van der Waals surface area (Å²) in [5, 5.41) is 10.9. The number of nitrogens with one attached hydrogen (secondary N) is 1. The number of hydrogen-bond donors (Lipinski definition) is 1. The third kappa shape index (κ3) is 3.46. The Hall–Kier alpha value is -2.93. The van der Waals surface area contributed by atoms with Crippen LogP contribution in [0.4, 0.5) is 0 Å². The molecule has 0 unspecified atom stereocenters. The van der Waals surface area contributed by atoms with Gasteiger partial charge in [-0.15, -0.1) is 21.5 Å². The fraction of sp³-hybridized carbons (Fsp3) is 0.167. The summed E-state index contributed by atoms with van der Waals surface area (Å²) in [6, 6.07) is 11.8. The number of para-hydroxylation sites is 1. The molecule has 7 heteroatoms. The predicted molar refractivity (Wildman–Crippen MR) is 94.0 cm³/mol. The maximum atomic E-state index is 12.0. The molecule has 1 aromatic carbocycles. The fourth-order valence-electron chi connectivity index (χ4n) is 2.60. The van der Waals surface area contributed by atoms with Crippen molar-refractivity contribution in [2.45, 2.75) is 19.4 Å². The van der Waals surface area contributed by atoms with Gasteiger partial charge in [0.2, 0.25) is 0 Å². The molecule has 0 saturated carbocycles. The zero-order chi connectivity index (χ0) is 17.1. The Morgan fingerprint density at radius 3 is 3.00 bits per heavy atom. The van der Waals surface area contributed by atoms with Crippen LogP contribution in [0.25, 0.3) is 21.7 Å². The second-order valence-corrected chi connectivity index (χ2v) is 6.45. The maximum Gasteiger partial charge on any atom is 0.306 e. The molecule has 1 N–H and O–H groups in total. The van der Waals surface area contributed by atoms with E-state index in [1.807, 2.05) is 48.0 Å². The Kier molecular flexibility index (Phi) is 4.30. The second kappa shape index (κ2) is 6.90. The normalized spacial score (nSPS) is 11.0. The molecule has 4 rings (SSSR count). The number of aromatic amines is 1. The first-order valence-electron chi connectivity index (χ1n) is 7.86. The number of carbonyl (C=O) groups excluding carboxylic acids is 1. The quantitative estimate of drug-likeness (QED) is 0.531. The summed E-state index contributed by atoms with van der Waals surface area (Å²) in [6.07, 6.45) is 2.85. The van der Waals surface area contributed by atoms with Crippen molar-refractivity contribution in [2.75, 3.05) is 0 Å². The number of thiophene rings is 1. The first kappa shape index (κ1) is 15.6. The topological polar surface area (TPSA) is 81.0 Å². The molecular formula is C18H15N3O3S. The van der Waals surface area contributed by atoms with Crippen molar-refractivity contribution < 1.29 is 13.9 Å². The van der Waals surface area contributed by atoms with E-state index in [0.29, 0.717) is 24.6 Å². The van der Waals surface area contributed by atoms with Gasteiger partial charge in [-0.05, 0) is 29.5 Å². The van der Waals surface area contributed by atoms with Gasteiger partial charge in [-0.2, -0.15) is 0 Å². The Labute approximate surface area is 147 Å². The highest BCUT2D eigenvalue weighted by Gasteiger charge is 2.12. The van der Waals surface area contributed by atoms with Crippen LogP contribution < -0.4 is 0 Å². The van der Waals surface area contributed by atoms with E-state index < -0.39 is 0 Å². The molecule has 0 aliphatic heterocycles. The number of aryl methyl sites for hydroxylation is 1. The lowest BCUT2D eigenvalue weighted by Crippen LogP contribution is -2.06. The largest absolute Gasteiger partial charge is 0.456 e. The molecule has 6 nitrogen and oxygen atoms in total. The Balaban J connectivity index is 1.31. The van der Waals surface area contributed by atoms with Gasteiger partial charge in [0.05, 0.1) is 4.88 Å². The van der Waals surface area contributed by atoms with Gasteiger partial charge in [-0.25, -0.2) is 0 Å². The third-order valence-corrected chi connectivity index (χ3v) is 4.69. The van der Waals surface area contributed by atoms with Crippen LogP contribution in [0.2, 0.25) is 0 Å². The lowest BCUT2D eigenvalue weighted by Gasteiger charge is -2.02. The standard InChI is InChI=1S/C18H15N3O3S/c22-17(8-7-12-10-19-14-5-2-1-4-13(12)14)23-11-16-20-21-18(24-16)15-6-3-9-25-15/h1-6,9-10,19H,7-8,11H2. The van der Waals surface area contributed by atoms with Gasteiger partial charge in [0.1, 0.15) is 0 Å². The summed E-state index contributed by atoms with van der Waals surface area (Å²) in [6.45, 7) is -0.00884. The highest BCUT2D eigenvalue weighted by atomic mass is 32.1. The van der Waals surface area contributed by atoms with E-state index in [1.54, 1.807) is 0 Å². The van der Waals surface area contributed by atoms with Crippen LogP contribution in [0.1, 0.15) is 17.9 Å². The number of esters is 1. The van der Waals surface area contributed by atoms with E-state index in [-0.39, 0.29) is 12.6 Å². The monoisotopic (exact) mass is 353 g/mol. The van der Waals surface area contributed by atoms with Crippen LogP contribution in [-0.2, 0) is 22.6 Å². The molecule has 4 aromatic rings.